The fraction of sp³-hybridized carbons (Fsp3) is 0.429. The second-order valence-corrected chi connectivity index (χ2v) is 10.1. The van der Waals surface area contributed by atoms with Gasteiger partial charge in [0.15, 0.2) is 0 Å². The van der Waals surface area contributed by atoms with Crippen molar-refractivity contribution < 1.29 is 32.6 Å². The molecule has 2 fully saturated rings. The summed E-state index contributed by atoms with van der Waals surface area (Å²) in [6.07, 6.45) is 1.81. The minimum Gasteiger partial charge on any atom is -0.475 e. The van der Waals surface area contributed by atoms with E-state index >= 15 is 0 Å². The molecule has 0 radical (unpaired) electrons. The lowest BCUT2D eigenvalue weighted by Crippen LogP contribution is -2.38. The van der Waals surface area contributed by atoms with Crippen LogP contribution in [0.4, 0.5) is 13.2 Å². The molecular formula is C28H31F3N6O4. The van der Waals surface area contributed by atoms with Crippen LogP contribution in [0.1, 0.15) is 29.8 Å². The number of ether oxygens (including phenoxy) is 1. The zero-order valence-electron chi connectivity index (χ0n) is 22.3. The number of halogens is 3. The van der Waals surface area contributed by atoms with Crippen molar-refractivity contribution in [3.63, 3.8) is 0 Å². The van der Waals surface area contributed by atoms with Crippen LogP contribution in [-0.4, -0.2) is 86.6 Å². The Morgan fingerprint density at radius 1 is 1.05 bits per heavy atom. The highest BCUT2D eigenvalue weighted by molar-refractivity contribution is 6.11. The molecule has 41 heavy (non-hydrogen) atoms. The van der Waals surface area contributed by atoms with E-state index in [0.717, 1.165) is 62.2 Å². The van der Waals surface area contributed by atoms with Crippen LogP contribution in [-0.2, 0) is 16.1 Å². The highest BCUT2D eigenvalue weighted by atomic mass is 19.4. The molecule has 6 rings (SSSR count). The maximum atomic E-state index is 13.4. The molecular weight excluding hydrogens is 541 g/mol. The van der Waals surface area contributed by atoms with Gasteiger partial charge in [0.05, 0.1) is 29.8 Å². The van der Waals surface area contributed by atoms with Gasteiger partial charge >= 0.3 is 12.1 Å². The number of nitrogens with zero attached hydrogens (tertiary/aromatic N) is 5. The number of carbonyl (C=O) groups is 2. The summed E-state index contributed by atoms with van der Waals surface area (Å²) >= 11 is 0. The van der Waals surface area contributed by atoms with Crippen LogP contribution < -0.4 is 5.32 Å². The monoisotopic (exact) mass is 572 g/mol. The van der Waals surface area contributed by atoms with Gasteiger partial charge in [-0.1, -0.05) is 18.2 Å². The number of para-hydroxylation sites is 1. The van der Waals surface area contributed by atoms with Gasteiger partial charge in [-0.25, -0.2) is 14.8 Å². The van der Waals surface area contributed by atoms with Crippen LogP contribution in [0.2, 0.25) is 0 Å². The lowest BCUT2D eigenvalue weighted by atomic mass is 10.2. The molecule has 0 bridgehead atoms. The third-order valence-corrected chi connectivity index (χ3v) is 7.13. The Balaban J connectivity index is 0.000000431. The van der Waals surface area contributed by atoms with Crippen LogP contribution in [0, 0.1) is 5.92 Å². The number of morpholine rings is 1. The molecule has 1 aliphatic heterocycles. The van der Waals surface area contributed by atoms with Crippen molar-refractivity contribution in [3.8, 4) is 5.95 Å². The fourth-order valence-corrected chi connectivity index (χ4v) is 4.96. The predicted octanol–water partition coefficient (Wildman–Crippen LogP) is 3.87. The maximum Gasteiger partial charge on any atom is 0.490 e. The van der Waals surface area contributed by atoms with E-state index < -0.39 is 12.1 Å². The minimum atomic E-state index is -5.08. The Morgan fingerprint density at radius 3 is 2.39 bits per heavy atom. The molecule has 1 saturated carbocycles. The molecule has 3 aromatic heterocycles. The Kier molecular flexibility index (Phi) is 8.54. The summed E-state index contributed by atoms with van der Waals surface area (Å²) in [5.41, 5.74) is 3.85. The third kappa shape index (κ3) is 6.68. The van der Waals surface area contributed by atoms with Gasteiger partial charge in [-0.2, -0.15) is 13.2 Å². The standard InChI is InChI=1S/C26H30N6O2.C2HF3O2/c33-25(27-11-4-12-30-13-15-34-16-14-30)23-17-22-24(32(23)26-28-9-3-10-29-26)20-5-1-2-6-21(20)31(22)18-19-7-8-19;3-2(4,5)1(6)7/h1-3,5-6,9-10,17,19H,4,7-8,11-16,18H2,(H,27,33);(H,6,7). The topological polar surface area (TPSA) is 115 Å². The molecule has 10 nitrogen and oxygen atoms in total. The number of amides is 1. The zero-order valence-corrected chi connectivity index (χ0v) is 22.3. The number of hydrogen-bond acceptors (Lipinski definition) is 6. The number of alkyl halides is 3. The molecule has 4 aromatic rings. The lowest BCUT2D eigenvalue weighted by Gasteiger charge is -2.26. The second-order valence-electron chi connectivity index (χ2n) is 10.1. The van der Waals surface area contributed by atoms with E-state index in [1.165, 1.54) is 18.4 Å². The predicted molar refractivity (Wildman–Crippen MR) is 145 cm³/mol. The normalized spacial score (nSPS) is 16.0. The average molecular weight is 573 g/mol. The van der Waals surface area contributed by atoms with Crippen LogP contribution in [0.3, 0.4) is 0 Å². The first-order valence-electron chi connectivity index (χ1n) is 13.5. The van der Waals surface area contributed by atoms with E-state index in [1.54, 1.807) is 18.5 Å². The largest absolute Gasteiger partial charge is 0.490 e. The fourth-order valence-electron chi connectivity index (χ4n) is 4.96. The number of benzene rings is 1. The molecule has 0 unspecified atom stereocenters. The van der Waals surface area contributed by atoms with Crippen LogP contribution in [0.5, 0.6) is 0 Å². The first-order valence-corrected chi connectivity index (χ1v) is 13.5. The van der Waals surface area contributed by atoms with E-state index in [1.807, 2.05) is 10.6 Å². The van der Waals surface area contributed by atoms with Crippen molar-refractivity contribution in [1.82, 2.24) is 29.3 Å². The van der Waals surface area contributed by atoms with E-state index in [4.69, 9.17) is 14.6 Å². The first-order chi connectivity index (χ1) is 19.7. The maximum absolute atomic E-state index is 13.4. The number of carboxylic acids is 1. The summed E-state index contributed by atoms with van der Waals surface area (Å²) in [6, 6.07) is 12.2. The van der Waals surface area contributed by atoms with Crippen molar-refractivity contribution in [1.29, 1.82) is 0 Å². The van der Waals surface area contributed by atoms with Crippen LogP contribution in [0.25, 0.3) is 27.9 Å². The molecule has 2 aliphatic rings. The molecule has 2 N–H and O–H groups in total. The van der Waals surface area contributed by atoms with Gasteiger partial charge in [-0.15, -0.1) is 0 Å². The van der Waals surface area contributed by atoms with Crippen LogP contribution in [0.15, 0.2) is 48.8 Å². The first kappa shape index (κ1) is 28.6. The summed E-state index contributed by atoms with van der Waals surface area (Å²) in [5, 5.41) is 11.4. The SMILES string of the molecule is O=C(NCCCN1CCOCC1)c1cc2c(c3ccccc3n2CC2CC2)n1-c1ncccn1.O=C(O)C(F)(F)F. The minimum absolute atomic E-state index is 0.0901. The molecule has 1 saturated heterocycles. The van der Waals surface area contributed by atoms with Crippen molar-refractivity contribution in [3.05, 3.63) is 54.5 Å². The molecule has 0 atom stereocenters. The lowest BCUT2D eigenvalue weighted by molar-refractivity contribution is -0.192. The second kappa shape index (κ2) is 12.3. The third-order valence-electron chi connectivity index (χ3n) is 7.13. The molecule has 1 aliphatic carbocycles. The summed E-state index contributed by atoms with van der Waals surface area (Å²) in [5.74, 6) is -1.61. The molecule has 1 amide bonds. The summed E-state index contributed by atoms with van der Waals surface area (Å²) in [7, 11) is 0. The summed E-state index contributed by atoms with van der Waals surface area (Å²) < 4.78 is 41.5. The smallest absolute Gasteiger partial charge is 0.475 e. The number of fused-ring (bicyclic) bond motifs is 3. The average Bonchev–Trinajstić information content (AvgIpc) is 3.63. The Morgan fingerprint density at radius 2 is 1.73 bits per heavy atom. The van der Waals surface area contributed by atoms with E-state index in [-0.39, 0.29) is 5.91 Å². The summed E-state index contributed by atoms with van der Waals surface area (Å²) in [6.45, 7) is 6.08. The number of aromatic nitrogens is 4. The number of hydrogen-bond donors (Lipinski definition) is 2. The molecule has 4 heterocycles. The molecule has 218 valence electrons. The zero-order chi connectivity index (χ0) is 29.0. The van der Waals surface area contributed by atoms with Gasteiger partial charge in [0.1, 0.15) is 5.69 Å². The number of nitrogens with one attached hydrogen (secondary N) is 1. The van der Waals surface area contributed by atoms with E-state index in [0.29, 0.717) is 24.1 Å². The van der Waals surface area contributed by atoms with Gasteiger partial charge in [0.2, 0.25) is 5.95 Å². The summed E-state index contributed by atoms with van der Waals surface area (Å²) in [4.78, 5) is 33.7. The van der Waals surface area contributed by atoms with Gasteiger partial charge in [-0.3, -0.25) is 14.3 Å². The van der Waals surface area contributed by atoms with E-state index in [9.17, 15) is 18.0 Å². The van der Waals surface area contributed by atoms with Crippen molar-refractivity contribution in [2.75, 3.05) is 39.4 Å². The van der Waals surface area contributed by atoms with Gasteiger partial charge < -0.3 is 19.7 Å². The Hall–Kier alpha value is -3.97. The highest BCUT2D eigenvalue weighted by Gasteiger charge is 2.38. The van der Waals surface area contributed by atoms with Gasteiger partial charge in [0.25, 0.3) is 5.91 Å². The van der Waals surface area contributed by atoms with Crippen molar-refractivity contribution in [2.24, 2.45) is 5.92 Å². The molecule has 13 heteroatoms. The number of carbonyl (C=O) groups excluding carboxylic acids is 1. The van der Waals surface area contributed by atoms with E-state index in [2.05, 4.69) is 49.0 Å². The number of aliphatic carboxylic acids is 1. The van der Waals surface area contributed by atoms with Crippen molar-refractivity contribution in [2.45, 2.75) is 32.0 Å². The van der Waals surface area contributed by atoms with Crippen LogP contribution >= 0.6 is 0 Å². The highest BCUT2D eigenvalue weighted by Crippen LogP contribution is 2.37. The number of carboxylic acid groups (broad SMARTS) is 1. The molecule has 1 aromatic carbocycles. The quantitative estimate of drug-likeness (QED) is 0.308. The number of rotatable bonds is 8. The van der Waals surface area contributed by atoms with Crippen molar-refractivity contribution >= 4 is 33.8 Å². The molecule has 0 spiro atoms. The van der Waals surface area contributed by atoms with Gasteiger partial charge in [0, 0.05) is 44.0 Å². The Bertz CT molecular complexity index is 1510. The van der Waals surface area contributed by atoms with Gasteiger partial charge in [-0.05, 0) is 49.9 Å². The Labute approximate surface area is 233 Å².